The fraction of sp³-hybridized carbons (Fsp3) is 0.222. The summed E-state index contributed by atoms with van der Waals surface area (Å²) < 4.78 is 5.45. The number of phenols is 1. The van der Waals surface area contributed by atoms with E-state index in [1.807, 2.05) is 0 Å². The second-order valence-electron chi connectivity index (χ2n) is 2.42. The molecule has 0 saturated heterocycles. The lowest BCUT2D eigenvalue weighted by atomic mass is 10.3. The van der Waals surface area contributed by atoms with Gasteiger partial charge in [0, 0.05) is 6.42 Å². The summed E-state index contributed by atoms with van der Waals surface area (Å²) in [5.41, 5.74) is 0. The number of ether oxygens (including phenoxy) is 1. The number of para-hydroxylation sites is 1. The summed E-state index contributed by atoms with van der Waals surface area (Å²) in [5.74, 6) is -0.243. The third-order valence-electron chi connectivity index (χ3n) is 1.45. The minimum Gasteiger partial charge on any atom is -0.504 e. The van der Waals surface area contributed by atoms with Crippen LogP contribution in [0.2, 0.25) is 0 Å². The number of esters is 1. The Balaban J connectivity index is 2.93. The normalized spacial score (nSPS) is 9.69. The molecule has 0 unspecified atom stereocenters. The monoisotopic (exact) mass is 244 g/mol. The van der Waals surface area contributed by atoms with Gasteiger partial charge in [0.05, 0.1) is 4.47 Å². The van der Waals surface area contributed by atoms with Gasteiger partial charge in [-0.1, -0.05) is 13.0 Å². The van der Waals surface area contributed by atoms with Crippen LogP contribution in [0.25, 0.3) is 0 Å². The highest BCUT2D eigenvalue weighted by Gasteiger charge is 2.10. The van der Waals surface area contributed by atoms with Crippen molar-refractivity contribution in [2.24, 2.45) is 0 Å². The summed E-state index contributed by atoms with van der Waals surface area (Å²) in [6.07, 6.45) is 0.279. The van der Waals surface area contributed by atoms with Gasteiger partial charge in [-0.25, -0.2) is 0 Å². The number of halogens is 1. The molecule has 0 aliphatic heterocycles. The fourth-order valence-electron chi connectivity index (χ4n) is 0.785. The lowest BCUT2D eigenvalue weighted by Crippen LogP contribution is -2.05. The molecule has 0 heterocycles. The van der Waals surface area contributed by atoms with Crippen molar-refractivity contribution in [3.63, 3.8) is 0 Å². The van der Waals surface area contributed by atoms with Crippen LogP contribution in [0.1, 0.15) is 13.3 Å². The third-order valence-corrected chi connectivity index (χ3v) is 2.08. The van der Waals surface area contributed by atoms with Crippen LogP contribution in [0.3, 0.4) is 0 Å². The van der Waals surface area contributed by atoms with Crippen LogP contribution in [0.15, 0.2) is 22.7 Å². The molecule has 0 amide bonds. The molecular formula is C9H9BrO3. The summed E-state index contributed by atoms with van der Waals surface area (Å²) >= 11 is 3.17. The van der Waals surface area contributed by atoms with Crippen molar-refractivity contribution in [1.29, 1.82) is 0 Å². The summed E-state index contributed by atoms with van der Waals surface area (Å²) in [7, 11) is 0. The van der Waals surface area contributed by atoms with E-state index < -0.39 is 0 Å². The first-order valence-electron chi connectivity index (χ1n) is 3.83. The number of carbonyl (C=O) groups is 1. The van der Waals surface area contributed by atoms with E-state index >= 15 is 0 Å². The van der Waals surface area contributed by atoms with E-state index in [0.29, 0.717) is 4.47 Å². The summed E-state index contributed by atoms with van der Waals surface area (Å²) in [4.78, 5) is 10.9. The predicted molar refractivity (Wildman–Crippen MR) is 51.7 cm³/mol. The molecule has 0 saturated carbocycles. The lowest BCUT2D eigenvalue weighted by molar-refractivity contribution is -0.134. The van der Waals surface area contributed by atoms with Crippen molar-refractivity contribution in [2.75, 3.05) is 0 Å². The van der Waals surface area contributed by atoms with Gasteiger partial charge in [-0.05, 0) is 28.1 Å². The number of hydrogen-bond acceptors (Lipinski definition) is 3. The summed E-state index contributed by atoms with van der Waals surface area (Å²) in [6.45, 7) is 1.69. The Labute approximate surface area is 84.5 Å². The van der Waals surface area contributed by atoms with Gasteiger partial charge in [-0.15, -0.1) is 0 Å². The number of benzene rings is 1. The van der Waals surface area contributed by atoms with Gasteiger partial charge in [-0.2, -0.15) is 0 Å². The molecular weight excluding hydrogens is 236 g/mol. The minimum absolute atomic E-state index is 0.0452. The molecule has 0 radical (unpaired) electrons. The summed E-state index contributed by atoms with van der Waals surface area (Å²) in [6, 6.07) is 4.81. The molecule has 1 aromatic carbocycles. The Morgan fingerprint density at radius 3 is 2.85 bits per heavy atom. The fourth-order valence-corrected chi connectivity index (χ4v) is 1.22. The maximum atomic E-state index is 10.9. The average molecular weight is 245 g/mol. The van der Waals surface area contributed by atoms with Gasteiger partial charge in [0.15, 0.2) is 11.5 Å². The topological polar surface area (TPSA) is 46.5 Å². The number of rotatable bonds is 2. The van der Waals surface area contributed by atoms with E-state index in [-0.39, 0.29) is 23.9 Å². The van der Waals surface area contributed by atoms with Crippen LogP contribution < -0.4 is 4.74 Å². The number of aromatic hydroxyl groups is 1. The molecule has 1 N–H and O–H groups in total. The molecule has 3 nitrogen and oxygen atoms in total. The number of phenolic OH excluding ortho intramolecular Hbond substituents is 1. The Kier molecular flexibility index (Phi) is 3.31. The predicted octanol–water partition coefficient (Wildman–Crippen LogP) is 2.47. The molecule has 0 spiro atoms. The number of carbonyl (C=O) groups excluding carboxylic acids is 1. The largest absolute Gasteiger partial charge is 0.504 e. The standard InChI is InChI=1S/C9H9BrO3/c1-2-8(12)13-9-6(10)4-3-5-7(9)11/h3-5,11H,2H2,1H3. The van der Waals surface area contributed by atoms with Crippen molar-refractivity contribution in [2.45, 2.75) is 13.3 Å². The highest BCUT2D eigenvalue weighted by Crippen LogP contribution is 2.34. The molecule has 0 aromatic heterocycles. The Bertz CT molecular complexity index is 302. The zero-order valence-corrected chi connectivity index (χ0v) is 8.67. The zero-order valence-electron chi connectivity index (χ0n) is 7.08. The Morgan fingerprint density at radius 2 is 2.31 bits per heavy atom. The average Bonchev–Trinajstić information content (AvgIpc) is 2.11. The van der Waals surface area contributed by atoms with Gasteiger partial charge in [0.2, 0.25) is 0 Å². The van der Waals surface area contributed by atoms with Crippen LogP contribution in [-0.4, -0.2) is 11.1 Å². The molecule has 0 atom stereocenters. The van der Waals surface area contributed by atoms with Crippen LogP contribution in [0.4, 0.5) is 0 Å². The van der Waals surface area contributed by atoms with Crippen molar-refractivity contribution in [1.82, 2.24) is 0 Å². The van der Waals surface area contributed by atoms with Gasteiger partial charge in [-0.3, -0.25) is 4.79 Å². The zero-order chi connectivity index (χ0) is 9.84. The van der Waals surface area contributed by atoms with Crippen molar-refractivity contribution >= 4 is 21.9 Å². The second kappa shape index (κ2) is 4.28. The quantitative estimate of drug-likeness (QED) is 0.643. The highest BCUT2D eigenvalue weighted by atomic mass is 79.9. The smallest absolute Gasteiger partial charge is 0.311 e. The molecule has 1 aromatic rings. The molecule has 0 fully saturated rings. The van der Waals surface area contributed by atoms with Gasteiger partial charge in [0.1, 0.15) is 0 Å². The maximum Gasteiger partial charge on any atom is 0.311 e. The SMILES string of the molecule is CCC(=O)Oc1c(O)cccc1Br. The van der Waals surface area contributed by atoms with Gasteiger partial charge < -0.3 is 9.84 Å². The molecule has 70 valence electrons. The van der Waals surface area contributed by atoms with E-state index in [9.17, 15) is 9.90 Å². The van der Waals surface area contributed by atoms with Crippen molar-refractivity contribution in [3.8, 4) is 11.5 Å². The second-order valence-corrected chi connectivity index (χ2v) is 3.27. The first kappa shape index (κ1) is 10.1. The van der Waals surface area contributed by atoms with E-state index in [1.165, 1.54) is 6.07 Å². The molecule has 13 heavy (non-hydrogen) atoms. The Morgan fingerprint density at radius 1 is 1.62 bits per heavy atom. The van der Waals surface area contributed by atoms with E-state index in [0.717, 1.165) is 0 Å². The van der Waals surface area contributed by atoms with Crippen LogP contribution >= 0.6 is 15.9 Å². The van der Waals surface area contributed by atoms with Crippen LogP contribution in [-0.2, 0) is 4.79 Å². The third kappa shape index (κ3) is 2.45. The minimum atomic E-state index is -0.373. The van der Waals surface area contributed by atoms with Gasteiger partial charge >= 0.3 is 5.97 Å². The van der Waals surface area contributed by atoms with E-state index in [1.54, 1.807) is 19.1 Å². The lowest BCUT2D eigenvalue weighted by Gasteiger charge is -2.06. The van der Waals surface area contributed by atoms with Crippen molar-refractivity contribution < 1.29 is 14.6 Å². The first-order chi connectivity index (χ1) is 6.15. The van der Waals surface area contributed by atoms with Crippen LogP contribution in [0.5, 0.6) is 11.5 Å². The maximum absolute atomic E-state index is 10.9. The summed E-state index contributed by atoms with van der Waals surface area (Å²) in [5, 5.41) is 9.33. The van der Waals surface area contributed by atoms with E-state index in [2.05, 4.69) is 15.9 Å². The molecule has 0 bridgehead atoms. The molecule has 1 rings (SSSR count). The molecule has 0 aliphatic rings. The first-order valence-corrected chi connectivity index (χ1v) is 4.62. The van der Waals surface area contributed by atoms with Crippen LogP contribution in [0, 0.1) is 0 Å². The van der Waals surface area contributed by atoms with E-state index in [4.69, 9.17) is 4.74 Å². The Hall–Kier alpha value is -1.03. The molecule has 0 aliphatic carbocycles. The van der Waals surface area contributed by atoms with Crippen molar-refractivity contribution in [3.05, 3.63) is 22.7 Å². The molecule has 4 heteroatoms. The highest BCUT2D eigenvalue weighted by molar-refractivity contribution is 9.10. The van der Waals surface area contributed by atoms with Gasteiger partial charge in [0.25, 0.3) is 0 Å². The number of hydrogen-bond donors (Lipinski definition) is 1.